The molecule has 9 aromatic rings. The van der Waals surface area contributed by atoms with Crippen LogP contribution in [0, 0.1) is 10.1 Å². The van der Waals surface area contributed by atoms with Gasteiger partial charge in [0.05, 0.1) is 16.7 Å². The summed E-state index contributed by atoms with van der Waals surface area (Å²) >= 11 is 0. The predicted octanol–water partition coefficient (Wildman–Crippen LogP) is 8.32. The number of aliphatic carboxylic acids is 3. The summed E-state index contributed by atoms with van der Waals surface area (Å²) in [5.74, 6) is -10.9. The topological polar surface area (TPSA) is 402 Å². The molecule has 9 rings (SSSR count). The van der Waals surface area contributed by atoms with Gasteiger partial charge in [-0.2, -0.15) is 0 Å². The molecule has 3 unspecified atom stereocenters. The second-order valence-corrected chi connectivity index (χ2v) is 21.2. The Hall–Kier alpha value is -11.4. The number of aromatic nitrogens is 3. The van der Waals surface area contributed by atoms with Crippen LogP contribution in [0.4, 0.5) is 0 Å². The first-order valence-corrected chi connectivity index (χ1v) is 27.6. The van der Waals surface area contributed by atoms with Gasteiger partial charge in [-0.05, 0) is 88.0 Å². The van der Waals surface area contributed by atoms with Gasteiger partial charge in [-0.1, -0.05) is 91.0 Å². The summed E-state index contributed by atoms with van der Waals surface area (Å²) in [7, 11) is 0. The minimum Gasteiger partial charge on any atom is -0.480 e. The lowest BCUT2D eigenvalue weighted by Gasteiger charge is -2.26. The molecule has 88 heavy (non-hydrogen) atoms. The molecule has 24 heteroatoms. The number of rotatable bonds is 28. The van der Waals surface area contributed by atoms with Crippen LogP contribution in [0.3, 0.4) is 0 Å². The van der Waals surface area contributed by atoms with E-state index in [1.165, 1.54) is 72.8 Å². The fourth-order valence-corrected chi connectivity index (χ4v) is 11.0. The number of hydrogen-bond acceptors (Lipinski definition) is 11. The molecule has 0 fully saturated rings. The van der Waals surface area contributed by atoms with E-state index in [4.69, 9.17) is 0 Å². The predicted molar refractivity (Wildman–Crippen MR) is 319 cm³/mol. The highest BCUT2D eigenvalue weighted by Gasteiger charge is 2.44. The zero-order valence-corrected chi connectivity index (χ0v) is 46.6. The van der Waals surface area contributed by atoms with Crippen molar-refractivity contribution >= 4 is 86.2 Å². The third-order valence-electron chi connectivity index (χ3n) is 15.7. The first-order valence-electron chi connectivity index (χ1n) is 27.6. The van der Waals surface area contributed by atoms with Crippen LogP contribution in [-0.2, 0) is 48.0 Å². The normalized spacial score (nSPS) is 13.0. The molecule has 0 radical (unpaired) electrons. The molecule has 3 amide bonds. The van der Waals surface area contributed by atoms with Crippen molar-refractivity contribution in [3.8, 4) is 33.8 Å². The number of benzene rings is 6. The maximum Gasteiger partial charge on any atom is 0.335 e. The number of carboxylic acids is 6. The lowest BCUT2D eigenvalue weighted by atomic mass is 9.83. The van der Waals surface area contributed by atoms with Gasteiger partial charge in [-0.25, -0.2) is 28.8 Å². The number of nitrogens with one attached hydrogen (secondary N) is 6. The summed E-state index contributed by atoms with van der Waals surface area (Å²) < 4.78 is 0. The van der Waals surface area contributed by atoms with Gasteiger partial charge in [0.2, 0.25) is 23.3 Å². The third kappa shape index (κ3) is 13.7. The lowest BCUT2D eigenvalue weighted by molar-refractivity contribution is -0.573. The van der Waals surface area contributed by atoms with Crippen LogP contribution < -0.4 is 16.0 Å². The monoisotopic (exact) mass is 1200 g/mol. The number of aromatic carboxylic acids is 3. The number of amides is 3. The zero-order chi connectivity index (χ0) is 63.0. The van der Waals surface area contributed by atoms with Crippen LogP contribution in [0.25, 0.3) is 66.5 Å². The minimum atomic E-state index is -2.35. The Morgan fingerprint density at radius 1 is 0.398 bits per heavy atom. The number of carboxylic acid groups (broad SMARTS) is 6. The van der Waals surface area contributed by atoms with E-state index in [1.807, 2.05) is 0 Å². The Balaban J connectivity index is 0.966. The Morgan fingerprint density at radius 2 is 0.648 bits per heavy atom. The maximum atomic E-state index is 14.0. The van der Waals surface area contributed by atoms with E-state index >= 15 is 0 Å². The average Bonchev–Trinajstić information content (AvgIpc) is 1.83. The SMILES string of the molecule is O=C(CCC(CCC(=O)NC(Cc1c(-c2ccc(C(=O)O)cc2)[nH]c2ccccc12)C(=O)O)(CCC(=O)NC(Cc1c(-c2ccc(C(=O)O)cc2)[nH]c2ccccc12)C(=O)O)[N+](=O)[O-])NC(Cc1c(-c2ccc(C(=O)O)cc2)[nH]c2ccccc12)C(=O)O. The Morgan fingerprint density at radius 3 is 0.875 bits per heavy atom. The van der Waals surface area contributed by atoms with Gasteiger partial charge in [-0.15, -0.1) is 0 Å². The third-order valence-corrected chi connectivity index (χ3v) is 15.7. The Kier molecular flexibility index (Phi) is 18.2. The number of aromatic amines is 3. The molecular weight excluding hydrogens is 1140 g/mol. The molecule has 0 saturated carbocycles. The molecule has 3 atom stereocenters. The Labute approximate surface area is 498 Å². The quantitative estimate of drug-likeness (QED) is 0.0162. The van der Waals surface area contributed by atoms with E-state index in [9.17, 15) is 83.9 Å². The van der Waals surface area contributed by atoms with E-state index in [0.29, 0.717) is 83.2 Å². The molecule has 0 bridgehead atoms. The summed E-state index contributed by atoms with van der Waals surface area (Å²) in [6, 6.07) is 33.2. The highest BCUT2D eigenvalue weighted by molar-refractivity contribution is 5.97. The average molecular weight is 1200 g/mol. The number of H-pyrrole nitrogens is 3. The van der Waals surface area contributed by atoms with Gasteiger partial charge in [0.15, 0.2) is 0 Å². The molecule has 0 aliphatic heterocycles. The van der Waals surface area contributed by atoms with Crippen LogP contribution in [-0.4, -0.2) is 128 Å². The van der Waals surface area contributed by atoms with Crippen molar-refractivity contribution in [3.63, 3.8) is 0 Å². The molecule has 0 aliphatic rings. The molecule has 0 spiro atoms. The number of nitrogens with zero attached hydrogens (tertiary/aromatic N) is 1. The highest BCUT2D eigenvalue weighted by Crippen LogP contribution is 2.36. The first-order chi connectivity index (χ1) is 42.1. The number of para-hydroxylation sites is 3. The first kappa shape index (κ1) is 61.1. The number of carbonyl (C=O) groups excluding carboxylic acids is 3. The van der Waals surface area contributed by atoms with Gasteiger partial charge in [-0.3, -0.25) is 24.5 Å². The summed E-state index contributed by atoms with van der Waals surface area (Å²) in [6.07, 6.45) is -5.34. The van der Waals surface area contributed by atoms with Crippen molar-refractivity contribution < 1.29 is 78.7 Å². The number of hydrogen-bond donors (Lipinski definition) is 12. The maximum absolute atomic E-state index is 14.0. The van der Waals surface area contributed by atoms with Crippen LogP contribution in [0.1, 0.15) is 86.3 Å². The molecular formula is C64H57N7O17. The summed E-state index contributed by atoms with van der Waals surface area (Å²) in [5.41, 5.74) is 3.54. The molecule has 3 aromatic heterocycles. The van der Waals surface area contributed by atoms with Gasteiger partial charge >= 0.3 is 35.8 Å². The molecule has 6 aromatic carbocycles. The van der Waals surface area contributed by atoms with E-state index in [2.05, 4.69) is 30.9 Å². The smallest absolute Gasteiger partial charge is 0.335 e. The van der Waals surface area contributed by atoms with Crippen molar-refractivity contribution in [2.45, 2.75) is 81.5 Å². The van der Waals surface area contributed by atoms with Gasteiger partial charge in [0, 0.05) is 113 Å². The van der Waals surface area contributed by atoms with Gasteiger partial charge < -0.3 is 61.5 Å². The van der Waals surface area contributed by atoms with E-state index in [-0.39, 0.29) is 36.0 Å². The van der Waals surface area contributed by atoms with E-state index in [0.717, 1.165) is 0 Å². The summed E-state index contributed by atoms with van der Waals surface area (Å²) in [5, 5.41) is 82.8. The van der Waals surface area contributed by atoms with Crippen LogP contribution in [0.15, 0.2) is 146 Å². The van der Waals surface area contributed by atoms with E-state index in [1.54, 1.807) is 72.8 Å². The lowest BCUT2D eigenvalue weighted by Crippen LogP contribution is -2.47. The van der Waals surface area contributed by atoms with Crippen molar-refractivity contribution in [2.24, 2.45) is 0 Å². The minimum absolute atomic E-state index is 0.00117. The van der Waals surface area contributed by atoms with Crippen LogP contribution >= 0.6 is 0 Å². The van der Waals surface area contributed by atoms with Gasteiger partial charge in [0.1, 0.15) is 18.1 Å². The molecule has 0 saturated heterocycles. The number of fused-ring (bicyclic) bond motifs is 3. The standard InChI is InChI=1S/C64H57N7O17/c72-52(65-49(61(81)82)31-43-40-7-1-4-10-46(40)68-55(43)34-13-19-37(20-14-34)58(75)76)25-28-64(71(87)88,29-26-53(73)66-50(62(83)84)32-44-41-8-2-5-11-47(41)69-56(44)35-15-21-38(22-16-35)59(77)78)30-27-54(74)67-51(63(85)86)33-45-42-9-3-6-12-48(42)70-57(45)36-17-23-39(24-18-36)60(79)80/h1-24,49-51,68-70H,25-33H2,(H,65,72)(H,66,73)(H,67,74)(H,75,76)(H,77,78)(H,79,80)(H,81,82)(H,83,84)(H,85,86). The van der Waals surface area contributed by atoms with Crippen molar-refractivity contribution in [1.29, 1.82) is 0 Å². The van der Waals surface area contributed by atoms with Crippen LogP contribution in [0.5, 0.6) is 0 Å². The summed E-state index contributed by atoms with van der Waals surface area (Å²) in [4.78, 5) is 138. The van der Waals surface area contributed by atoms with Gasteiger partial charge in [0.25, 0.3) is 0 Å². The van der Waals surface area contributed by atoms with Crippen molar-refractivity contribution in [2.75, 3.05) is 0 Å². The highest BCUT2D eigenvalue weighted by atomic mass is 16.6. The second-order valence-electron chi connectivity index (χ2n) is 21.2. The Bertz CT molecular complexity index is 3790. The zero-order valence-electron chi connectivity index (χ0n) is 46.6. The number of nitro groups is 1. The largest absolute Gasteiger partial charge is 0.480 e. The van der Waals surface area contributed by atoms with E-state index < -0.39 is 121 Å². The van der Waals surface area contributed by atoms with Crippen LogP contribution in [0.2, 0.25) is 0 Å². The fraction of sp³-hybridized carbons (Fsp3) is 0.203. The fourth-order valence-electron chi connectivity index (χ4n) is 11.0. The molecule has 450 valence electrons. The van der Waals surface area contributed by atoms with Crippen molar-refractivity contribution in [3.05, 3.63) is 189 Å². The molecule has 24 nitrogen and oxygen atoms in total. The van der Waals surface area contributed by atoms with Crippen molar-refractivity contribution in [1.82, 2.24) is 30.9 Å². The second kappa shape index (κ2) is 26.2. The number of carbonyl (C=O) groups is 9. The molecule has 0 aliphatic carbocycles. The summed E-state index contributed by atoms with van der Waals surface area (Å²) in [6.45, 7) is 0. The molecule has 3 heterocycles. The molecule has 12 N–H and O–H groups in total.